The van der Waals surface area contributed by atoms with Crippen LogP contribution < -0.4 is 5.32 Å². The summed E-state index contributed by atoms with van der Waals surface area (Å²) in [6, 6.07) is 2.91. The van der Waals surface area contributed by atoms with Gasteiger partial charge in [-0.2, -0.15) is 4.31 Å². The lowest BCUT2D eigenvalue weighted by Gasteiger charge is -2.30. The fourth-order valence-electron chi connectivity index (χ4n) is 2.42. The minimum absolute atomic E-state index is 0.0434. The first-order chi connectivity index (χ1) is 9.86. The second-order valence-corrected chi connectivity index (χ2v) is 7.18. The van der Waals surface area contributed by atoms with Gasteiger partial charge in [-0.1, -0.05) is 0 Å². The van der Waals surface area contributed by atoms with Gasteiger partial charge in [0, 0.05) is 25.2 Å². The number of halogens is 1. The van der Waals surface area contributed by atoms with Crippen LogP contribution in [0.15, 0.2) is 17.0 Å². The Bertz CT molecular complexity index is 619. The molecule has 0 amide bonds. The van der Waals surface area contributed by atoms with Gasteiger partial charge in [-0.15, -0.1) is 0 Å². The van der Waals surface area contributed by atoms with Gasteiger partial charge in [-0.3, -0.25) is 0 Å². The molecule has 1 aliphatic rings. The highest BCUT2D eigenvalue weighted by molar-refractivity contribution is 7.89. The first-order valence-corrected chi connectivity index (χ1v) is 8.35. The Kier molecular flexibility index (Phi) is 4.98. The third-order valence-corrected chi connectivity index (χ3v) is 5.55. The Morgan fingerprint density at radius 2 is 2.19 bits per heavy atom. The van der Waals surface area contributed by atoms with Crippen LogP contribution in [-0.4, -0.2) is 45.6 Å². The van der Waals surface area contributed by atoms with Crippen LogP contribution in [0, 0.1) is 12.7 Å². The molecule has 1 heterocycles. The van der Waals surface area contributed by atoms with Gasteiger partial charge < -0.3 is 10.1 Å². The van der Waals surface area contributed by atoms with E-state index < -0.39 is 15.8 Å². The topological polar surface area (TPSA) is 58.6 Å². The summed E-state index contributed by atoms with van der Waals surface area (Å²) in [7, 11) is -1.97. The average molecular weight is 316 g/mol. The molecule has 0 bridgehead atoms. The lowest BCUT2D eigenvalue weighted by atomic mass is 10.1. The van der Waals surface area contributed by atoms with Crippen molar-refractivity contribution in [2.24, 2.45) is 0 Å². The van der Waals surface area contributed by atoms with Gasteiger partial charge in [-0.25, -0.2) is 12.8 Å². The number of ether oxygens (including phenoxy) is 1. The molecule has 1 N–H and O–H groups in total. The molecule has 1 aromatic carbocycles. The van der Waals surface area contributed by atoms with Crippen LogP contribution in [0.4, 0.5) is 4.39 Å². The molecule has 1 fully saturated rings. The first-order valence-electron chi connectivity index (χ1n) is 6.91. The van der Waals surface area contributed by atoms with Crippen molar-refractivity contribution in [2.45, 2.75) is 31.4 Å². The SMILES string of the molecule is CNCc1cc(F)c(C)c(S(=O)(=O)N2CCOC(C)C2)c1. The fourth-order valence-corrected chi connectivity index (χ4v) is 4.21. The zero-order valence-electron chi connectivity index (χ0n) is 12.5. The molecule has 1 unspecified atom stereocenters. The maximum atomic E-state index is 14.0. The summed E-state index contributed by atoms with van der Waals surface area (Å²) in [5.74, 6) is -0.498. The number of benzene rings is 1. The lowest BCUT2D eigenvalue weighted by Crippen LogP contribution is -2.44. The molecule has 5 nitrogen and oxygen atoms in total. The number of nitrogens with zero attached hydrogens (tertiary/aromatic N) is 1. The molecule has 1 aliphatic heterocycles. The number of sulfonamides is 1. The second-order valence-electron chi connectivity index (χ2n) is 5.28. The largest absolute Gasteiger partial charge is 0.376 e. The number of nitrogens with one attached hydrogen (secondary N) is 1. The molecular formula is C14H21FN2O3S. The summed E-state index contributed by atoms with van der Waals surface area (Å²) in [5, 5.41) is 2.90. The molecule has 0 spiro atoms. The van der Waals surface area contributed by atoms with Crippen LogP contribution in [0.2, 0.25) is 0 Å². The molecule has 7 heteroatoms. The highest BCUT2D eigenvalue weighted by Gasteiger charge is 2.31. The van der Waals surface area contributed by atoms with Gasteiger partial charge in [-0.05, 0) is 38.6 Å². The minimum Gasteiger partial charge on any atom is -0.376 e. The van der Waals surface area contributed by atoms with Crippen molar-refractivity contribution in [3.8, 4) is 0 Å². The molecule has 1 saturated heterocycles. The van der Waals surface area contributed by atoms with Crippen molar-refractivity contribution in [3.63, 3.8) is 0 Å². The Morgan fingerprint density at radius 3 is 2.81 bits per heavy atom. The molecule has 0 aromatic heterocycles. The van der Waals surface area contributed by atoms with Gasteiger partial charge in [0.15, 0.2) is 0 Å². The van der Waals surface area contributed by atoms with Gasteiger partial charge >= 0.3 is 0 Å². The Balaban J connectivity index is 2.43. The van der Waals surface area contributed by atoms with Crippen molar-refractivity contribution in [1.29, 1.82) is 0 Å². The molecule has 2 rings (SSSR count). The van der Waals surface area contributed by atoms with E-state index in [4.69, 9.17) is 4.74 Å². The summed E-state index contributed by atoms with van der Waals surface area (Å²) in [6.45, 7) is 4.68. The quantitative estimate of drug-likeness (QED) is 0.909. The average Bonchev–Trinajstić information content (AvgIpc) is 2.42. The number of hydrogen-bond donors (Lipinski definition) is 1. The Morgan fingerprint density at radius 1 is 1.48 bits per heavy atom. The normalized spacial score (nSPS) is 20.7. The molecule has 0 saturated carbocycles. The molecular weight excluding hydrogens is 295 g/mol. The summed E-state index contributed by atoms with van der Waals surface area (Å²) >= 11 is 0. The van der Waals surface area contributed by atoms with Gasteiger partial charge in [0.05, 0.1) is 17.6 Å². The van der Waals surface area contributed by atoms with Crippen molar-refractivity contribution in [1.82, 2.24) is 9.62 Å². The van der Waals surface area contributed by atoms with Crippen LogP contribution in [-0.2, 0) is 21.3 Å². The fraction of sp³-hybridized carbons (Fsp3) is 0.571. The maximum absolute atomic E-state index is 14.0. The van der Waals surface area contributed by atoms with Gasteiger partial charge in [0.25, 0.3) is 0 Å². The molecule has 1 atom stereocenters. The molecule has 21 heavy (non-hydrogen) atoms. The number of hydrogen-bond acceptors (Lipinski definition) is 4. The van der Waals surface area contributed by atoms with Crippen molar-refractivity contribution < 1.29 is 17.5 Å². The molecule has 0 aliphatic carbocycles. The van der Waals surface area contributed by atoms with Crippen LogP contribution in [0.1, 0.15) is 18.1 Å². The Labute approximate surface area is 125 Å². The summed E-state index contributed by atoms with van der Waals surface area (Å²) < 4.78 is 46.2. The monoisotopic (exact) mass is 316 g/mol. The number of morpholine rings is 1. The lowest BCUT2D eigenvalue weighted by molar-refractivity contribution is 0.0101. The van der Waals surface area contributed by atoms with Crippen LogP contribution in [0.3, 0.4) is 0 Å². The second kappa shape index (κ2) is 6.39. The summed E-state index contributed by atoms with van der Waals surface area (Å²) in [6.07, 6.45) is -0.154. The maximum Gasteiger partial charge on any atom is 0.243 e. The van der Waals surface area contributed by atoms with E-state index in [9.17, 15) is 12.8 Å². The van der Waals surface area contributed by atoms with Crippen LogP contribution in [0.25, 0.3) is 0 Å². The molecule has 1 aromatic rings. The van der Waals surface area contributed by atoms with E-state index in [0.717, 1.165) is 0 Å². The standard InChI is InChI=1S/C14H21FN2O3S/c1-10-9-17(4-5-20-10)21(18,19)14-7-12(8-16-3)6-13(15)11(14)2/h6-7,10,16H,4-5,8-9H2,1-3H3. The summed E-state index contributed by atoms with van der Waals surface area (Å²) in [4.78, 5) is 0.0434. The van der Waals surface area contributed by atoms with Crippen LogP contribution in [0.5, 0.6) is 0 Å². The van der Waals surface area contributed by atoms with E-state index in [1.54, 1.807) is 13.1 Å². The molecule has 0 radical (unpaired) electrons. The van der Waals surface area contributed by atoms with E-state index in [0.29, 0.717) is 31.8 Å². The predicted molar refractivity (Wildman–Crippen MR) is 78.1 cm³/mol. The van der Waals surface area contributed by atoms with Gasteiger partial charge in [0.2, 0.25) is 10.0 Å². The van der Waals surface area contributed by atoms with Crippen LogP contribution >= 0.6 is 0 Å². The van der Waals surface area contributed by atoms with Crippen molar-refractivity contribution in [3.05, 3.63) is 29.1 Å². The summed E-state index contributed by atoms with van der Waals surface area (Å²) in [5.41, 5.74) is 0.773. The van der Waals surface area contributed by atoms with E-state index in [2.05, 4.69) is 5.32 Å². The highest BCUT2D eigenvalue weighted by Crippen LogP contribution is 2.25. The smallest absolute Gasteiger partial charge is 0.243 e. The van der Waals surface area contributed by atoms with E-state index in [-0.39, 0.29) is 16.6 Å². The van der Waals surface area contributed by atoms with E-state index in [1.165, 1.54) is 17.3 Å². The van der Waals surface area contributed by atoms with E-state index >= 15 is 0 Å². The highest BCUT2D eigenvalue weighted by atomic mass is 32.2. The third kappa shape index (κ3) is 3.42. The van der Waals surface area contributed by atoms with Gasteiger partial charge in [0.1, 0.15) is 5.82 Å². The number of rotatable bonds is 4. The van der Waals surface area contributed by atoms with Crippen molar-refractivity contribution in [2.75, 3.05) is 26.7 Å². The third-order valence-electron chi connectivity index (χ3n) is 3.56. The zero-order valence-corrected chi connectivity index (χ0v) is 13.3. The Hall–Kier alpha value is -1.02. The minimum atomic E-state index is -3.70. The van der Waals surface area contributed by atoms with Crippen molar-refractivity contribution >= 4 is 10.0 Å². The predicted octanol–water partition coefficient (Wildman–Crippen LogP) is 1.26. The first kappa shape index (κ1) is 16.4. The zero-order chi connectivity index (χ0) is 15.6. The molecule has 118 valence electrons. The van der Waals surface area contributed by atoms with E-state index in [1.807, 2.05) is 6.92 Å².